The molecule has 0 atom stereocenters. The van der Waals surface area contributed by atoms with Gasteiger partial charge in [0, 0.05) is 0 Å². The van der Waals surface area contributed by atoms with E-state index in [9.17, 15) is 4.79 Å². The number of esters is 1. The summed E-state index contributed by atoms with van der Waals surface area (Å²) in [6.07, 6.45) is 0. The van der Waals surface area contributed by atoms with Crippen LogP contribution in [0.2, 0.25) is 0 Å². The lowest BCUT2D eigenvalue weighted by atomic mass is 10.3. The van der Waals surface area contributed by atoms with Gasteiger partial charge in [-0.25, -0.2) is 0 Å². The Morgan fingerprint density at radius 3 is 2.94 bits per heavy atom. The van der Waals surface area contributed by atoms with Crippen LogP contribution in [0.3, 0.4) is 0 Å². The average Bonchev–Trinajstić information content (AvgIpc) is 2.67. The molecule has 18 heavy (non-hydrogen) atoms. The van der Waals surface area contributed by atoms with Crippen molar-refractivity contribution in [2.75, 3.05) is 13.7 Å². The maximum absolute atomic E-state index is 11.4. The van der Waals surface area contributed by atoms with E-state index in [1.54, 1.807) is 4.57 Å². The fourth-order valence-electron chi connectivity index (χ4n) is 1.73. The van der Waals surface area contributed by atoms with Crippen molar-refractivity contribution in [2.24, 2.45) is 0 Å². The summed E-state index contributed by atoms with van der Waals surface area (Å²) in [6, 6.07) is 5.63. The first-order valence-corrected chi connectivity index (χ1v) is 6.35. The third-order valence-corrected chi connectivity index (χ3v) is 3.46. The lowest BCUT2D eigenvalue weighted by molar-refractivity contribution is -0.141. The van der Waals surface area contributed by atoms with Crippen LogP contribution in [0.25, 0.3) is 10.2 Å². The van der Waals surface area contributed by atoms with E-state index in [4.69, 9.17) is 10.1 Å². The molecule has 1 N–H and O–H groups in total. The number of nitrogens with zero attached hydrogens (tertiary/aromatic N) is 1. The van der Waals surface area contributed by atoms with Crippen LogP contribution in [0, 0.1) is 5.41 Å². The number of methoxy groups -OCH3 is 1. The Hall–Kier alpha value is -1.82. The molecule has 0 unspecified atom stereocenters. The molecule has 0 bridgehead atoms. The second-order valence-electron chi connectivity index (χ2n) is 3.61. The Kier molecular flexibility index (Phi) is 3.66. The van der Waals surface area contributed by atoms with Gasteiger partial charge in [0.1, 0.15) is 17.8 Å². The van der Waals surface area contributed by atoms with Crippen molar-refractivity contribution >= 4 is 27.5 Å². The first-order valence-electron chi connectivity index (χ1n) is 5.54. The van der Waals surface area contributed by atoms with Crippen molar-refractivity contribution in [3.05, 3.63) is 23.0 Å². The highest BCUT2D eigenvalue weighted by Gasteiger charge is 2.13. The van der Waals surface area contributed by atoms with Gasteiger partial charge in [-0.3, -0.25) is 10.2 Å². The number of para-hydroxylation sites is 1. The molecule has 1 heterocycles. The van der Waals surface area contributed by atoms with E-state index in [1.807, 2.05) is 25.1 Å². The zero-order valence-corrected chi connectivity index (χ0v) is 11.0. The number of aromatic nitrogens is 1. The molecule has 0 fully saturated rings. The van der Waals surface area contributed by atoms with Crippen molar-refractivity contribution in [1.29, 1.82) is 5.41 Å². The van der Waals surface area contributed by atoms with E-state index in [2.05, 4.69) is 4.74 Å². The SMILES string of the molecule is CCOc1cccc2sc(=N)n(CC(=O)OC)c12. The number of thiazole rings is 1. The quantitative estimate of drug-likeness (QED) is 0.857. The fourth-order valence-corrected chi connectivity index (χ4v) is 2.66. The van der Waals surface area contributed by atoms with Crippen LogP contribution in [-0.2, 0) is 16.1 Å². The summed E-state index contributed by atoms with van der Waals surface area (Å²) in [5, 5.41) is 7.91. The van der Waals surface area contributed by atoms with E-state index in [1.165, 1.54) is 18.4 Å². The van der Waals surface area contributed by atoms with E-state index in [0.29, 0.717) is 17.2 Å². The Balaban J connectivity index is 2.59. The Bertz CT molecular complexity index is 630. The van der Waals surface area contributed by atoms with Crippen molar-refractivity contribution in [2.45, 2.75) is 13.5 Å². The van der Waals surface area contributed by atoms with Crippen LogP contribution in [0.1, 0.15) is 6.92 Å². The van der Waals surface area contributed by atoms with Gasteiger partial charge < -0.3 is 14.0 Å². The molecule has 0 aliphatic heterocycles. The van der Waals surface area contributed by atoms with Crippen LogP contribution >= 0.6 is 11.3 Å². The number of benzene rings is 1. The monoisotopic (exact) mass is 266 g/mol. The smallest absolute Gasteiger partial charge is 0.325 e. The summed E-state index contributed by atoms with van der Waals surface area (Å²) in [4.78, 5) is 11.7. The van der Waals surface area contributed by atoms with Gasteiger partial charge in [-0.05, 0) is 19.1 Å². The summed E-state index contributed by atoms with van der Waals surface area (Å²) in [5.74, 6) is 0.313. The van der Waals surface area contributed by atoms with Crippen molar-refractivity contribution in [3.8, 4) is 5.75 Å². The molecule has 1 aromatic heterocycles. The van der Waals surface area contributed by atoms with Crippen LogP contribution in [-0.4, -0.2) is 24.3 Å². The maximum atomic E-state index is 11.4. The molecular weight excluding hydrogens is 252 g/mol. The van der Waals surface area contributed by atoms with Crippen LogP contribution in [0.4, 0.5) is 0 Å². The molecule has 0 radical (unpaired) electrons. The van der Waals surface area contributed by atoms with E-state index < -0.39 is 0 Å². The largest absolute Gasteiger partial charge is 0.492 e. The molecule has 2 rings (SSSR count). The normalized spacial score (nSPS) is 10.6. The van der Waals surface area contributed by atoms with Gasteiger partial charge in [0.25, 0.3) is 0 Å². The fraction of sp³-hybridized carbons (Fsp3) is 0.333. The summed E-state index contributed by atoms with van der Waals surface area (Å²) < 4.78 is 12.7. The van der Waals surface area contributed by atoms with Gasteiger partial charge >= 0.3 is 5.97 Å². The number of carbonyl (C=O) groups is 1. The van der Waals surface area contributed by atoms with E-state index >= 15 is 0 Å². The Morgan fingerprint density at radius 1 is 1.50 bits per heavy atom. The summed E-state index contributed by atoms with van der Waals surface area (Å²) in [5.41, 5.74) is 0.778. The molecule has 0 saturated carbocycles. The van der Waals surface area contributed by atoms with Gasteiger partial charge in [0.2, 0.25) is 0 Å². The first-order chi connectivity index (χ1) is 8.67. The number of rotatable bonds is 4. The third kappa shape index (κ3) is 2.24. The number of fused-ring (bicyclic) bond motifs is 1. The molecule has 0 aliphatic rings. The lowest BCUT2D eigenvalue weighted by Gasteiger charge is -2.08. The number of carbonyl (C=O) groups excluding carboxylic acids is 1. The van der Waals surface area contributed by atoms with Gasteiger partial charge in [0.15, 0.2) is 4.80 Å². The minimum Gasteiger partial charge on any atom is -0.492 e. The highest BCUT2D eigenvalue weighted by molar-refractivity contribution is 7.16. The molecule has 0 amide bonds. The van der Waals surface area contributed by atoms with Crippen molar-refractivity contribution < 1.29 is 14.3 Å². The molecule has 2 aromatic rings. The topological polar surface area (TPSA) is 64.3 Å². The van der Waals surface area contributed by atoms with Crippen LogP contribution in [0.15, 0.2) is 18.2 Å². The molecular formula is C12H14N2O3S. The van der Waals surface area contributed by atoms with Gasteiger partial charge in [-0.1, -0.05) is 17.4 Å². The molecule has 0 spiro atoms. The molecule has 1 aromatic carbocycles. The second-order valence-corrected chi connectivity index (χ2v) is 4.64. The first kappa shape index (κ1) is 12.6. The van der Waals surface area contributed by atoms with E-state index in [-0.39, 0.29) is 12.5 Å². The number of ether oxygens (including phenoxy) is 2. The second kappa shape index (κ2) is 5.22. The van der Waals surface area contributed by atoms with Gasteiger partial charge in [0.05, 0.1) is 18.4 Å². The highest BCUT2D eigenvalue weighted by atomic mass is 32.1. The van der Waals surface area contributed by atoms with Crippen LogP contribution in [0.5, 0.6) is 5.75 Å². The minimum atomic E-state index is -0.375. The summed E-state index contributed by atoms with van der Waals surface area (Å²) in [6.45, 7) is 2.47. The highest BCUT2D eigenvalue weighted by Crippen LogP contribution is 2.27. The standard InChI is InChI=1S/C12H14N2O3S/c1-3-17-8-5-4-6-9-11(8)14(12(13)18-9)7-10(15)16-2/h4-6,13H,3,7H2,1-2H3. The average molecular weight is 266 g/mol. The molecule has 6 heteroatoms. The summed E-state index contributed by atoms with van der Waals surface area (Å²) in [7, 11) is 1.34. The van der Waals surface area contributed by atoms with Gasteiger partial charge in [-0.15, -0.1) is 0 Å². The molecule has 5 nitrogen and oxygen atoms in total. The number of hydrogen-bond donors (Lipinski definition) is 1. The minimum absolute atomic E-state index is 0.0272. The predicted octanol–water partition coefficient (Wildman–Crippen LogP) is 1.75. The molecule has 0 saturated heterocycles. The Morgan fingerprint density at radius 2 is 2.28 bits per heavy atom. The Labute approximate surface area is 108 Å². The van der Waals surface area contributed by atoms with Crippen molar-refractivity contribution in [1.82, 2.24) is 4.57 Å². The maximum Gasteiger partial charge on any atom is 0.325 e. The van der Waals surface area contributed by atoms with Crippen molar-refractivity contribution in [3.63, 3.8) is 0 Å². The van der Waals surface area contributed by atoms with Crippen LogP contribution < -0.4 is 9.54 Å². The molecule has 0 aliphatic carbocycles. The number of nitrogens with one attached hydrogen (secondary N) is 1. The number of hydrogen-bond acceptors (Lipinski definition) is 5. The predicted molar refractivity (Wildman–Crippen MR) is 68.9 cm³/mol. The third-order valence-electron chi connectivity index (χ3n) is 2.50. The molecule has 96 valence electrons. The lowest BCUT2D eigenvalue weighted by Crippen LogP contribution is -2.20. The van der Waals surface area contributed by atoms with E-state index in [0.717, 1.165) is 10.2 Å². The zero-order chi connectivity index (χ0) is 13.1. The van der Waals surface area contributed by atoms with Gasteiger partial charge in [-0.2, -0.15) is 0 Å². The zero-order valence-electron chi connectivity index (χ0n) is 10.2. The summed E-state index contributed by atoms with van der Waals surface area (Å²) >= 11 is 1.31.